The number of benzene rings is 1. The second-order valence-electron chi connectivity index (χ2n) is 4.13. The molecule has 1 N–H and O–H groups in total. The molecule has 1 amide bonds. The zero-order chi connectivity index (χ0) is 11.7. The van der Waals surface area contributed by atoms with Crippen molar-refractivity contribution in [3.8, 4) is 0 Å². The number of hydrogen-bond acceptors (Lipinski definition) is 2. The summed E-state index contributed by atoms with van der Waals surface area (Å²) in [4.78, 5) is 14.0. The number of likely N-dealkylation sites (tertiary alicyclic amines) is 1. The summed E-state index contributed by atoms with van der Waals surface area (Å²) in [5, 5.41) is 9.44. The van der Waals surface area contributed by atoms with E-state index in [1.165, 1.54) is 0 Å². The van der Waals surface area contributed by atoms with Gasteiger partial charge in [0.25, 0.3) is 5.91 Å². The average molecular weight is 331 g/mol. The summed E-state index contributed by atoms with van der Waals surface area (Å²) in [6.07, 6.45) is 0.333. The van der Waals surface area contributed by atoms with Gasteiger partial charge >= 0.3 is 0 Å². The number of hydrogen-bond donors (Lipinski definition) is 1. The van der Waals surface area contributed by atoms with Crippen LogP contribution >= 0.6 is 22.6 Å². The van der Waals surface area contributed by atoms with Crippen molar-refractivity contribution in [2.75, 3.05) is 13.1 Å². The van der Waals surface area contributed by atoms with E-state index in [9.17, 15) is 9.90 Å². The molecule has 16 heavy (non-hydrogen) atoms. The molecule has 0 spiro atoms. The summed E-state index contributed by atoms with van der Waals surface area (Å²) in [6.45, 7) is 3.07. The Morgan fingerprint density at radius 2 is 2.31 bits per heavy atom. The van der Waals surface area contributed by atoms with Gasteiger partial charge in [0.15, 0.2) is 0 Å². The van der Waals surface area contributed by atoms with Crippen LogP contribution in [0, 0.1) is 10.5 Å². The highest BCUT2D eigenvalue weighted by Crippen LogP contribution is 2.21. The van der Waals surface area contributed by atoms with Crippen molar-refractivity contribution >= 4 is 28.5 Å². The quantitative estimate of drug-likeness (QED) is 0.798. The Balaban J connectivity index is 2.27. The van der Waals surface area contributed by atoms with Gasteiger partial charge in [-0.25, -0.2) is 0 Å². The van der Waals surface area contributed by atoms with Crippen molar-refractivity contribution in [2.45, 2.75) is 19.4 Å². The molecule has 0 unspecified atom stereocenters. The fourth-order valence-corrected chi connectivity index (χ4v) is 2.85. The molecule has 1 aliphatic rings. The Kier molecular flexibility index (Phi) is 3.49. The highest BCUT2D eigenvalue weighted by molar-refractivity contribution is 14.1. The van der Waals surface area contributed by atoms with Gasteiger partial charge in [-0.15, -0.1) is 0 Å². The van der Waals surface area contributed by atoms with Crippen molar-refractivity contribution in [2.24, 2.45) is 0 Å². The molecule has 1 aliphatic heterocycles. The molecule has 86 valence electrons. The van der Waals surface area contributed by atoms with E-state index < -0.39 is 0 Å². The largest absolute Gasteiger partial charge is 0.391 e. The summed E-state index contributed by atoms with van der Waals surface area (Å²) >= 11 is 2.18. The molecule has 1 saturated heterocycles. The van der Waals surface area contributed by atoms with Gasteiger partial charge in [-0.05, 0) is 47.6 Å². The maximum atomic E-state index is 12.2. The molecule has 1 heterocycles. The first-order valence-electron chi connectivity index (χ1n) is 5.32. The molecule has 1 aromatic rings. The minimum Gasteiger partial charge on any atom is -0.391 e. The molecule has 4 heteroatoms. The minimum atomic E-state index is -0.356. The predicted molar refractivity (Wildman–Crippen MR) is 70.4 cm³/mol. The van der Waals surface area contributed by atoms with E-state index in [0.717, 1.165) is 14.7 Å². The normalized spacial score (nSPS) is 20.2. The van der Waals surface area contributed by atoms with Crippen LogP contribution in [0.25, 0.3) is 0 Å². The Hall–Kier alpha value is -0.620. The van der Waals surface area contributed by atoms with Crippen LogP contribution in [0.1, 0.15) is 22.3 Å². The summed E-state index contributed by atoms with van der Waals surface area (Å²) in [7, 11) is 0. The lowest BCUT2D eigenvalue weighted by atomic mass is 10.1. The fourth-order valence-electron chi connectivity index (χ4n) is 1.99. The summed E-state index contributed by atoms with van der Waals surface area (Å²) in [5.41, 5.74) is 1.77. The lowest BCUT2D eigenvalue weighted by molar-refractivity contribution is 0.0763. The number of carbonyl (C=O) groups excluding carboxylic acids is 1. The van der Waals surface area contributed by atoms with Crippen molar-refractivity contribution in [3.63, 3.8) is 0 Å². The van der Waals surface area contributed by atoms with Gasteiger partial charge in [0, 0.05) is 16.7 Å². The predicted octanol–water partition coefficient (Wildman–Crippen LogP) is 1.81. The Bertz CT molecular complexity index is 399. The van der Waals surface area contributed by atoms with Crippen molar-refractivity contribution in [3.05, 3.63) is 32.9 Å². The lowest BCUT2D eigenvalue weighted by Crippen LogP contribution is -2.30. The molecule has 0 bridgehead atoms. The van der Waals surface area contributed by atoms with Crippen LogP contribution in [-0.4, -0.2) is 35.1 Å². The number of rotatable bonds is 1. The van der Waals surface area contributed by atoms with Crippen LogP contribution in [0.15, 0.2) is 18.2 Å². The molecule has 1 atom stereocenters. The zero-order valence-electron chi connectivity index (χ0n) is 9.11. The third-order valence-corrected chi connectivity index (χ3v) is 3.79. The van der Waals surface area contributed by atoms with Gasteiger partial charge < -0.3 is 10.0 Å². The topological polar surface area (TPSA) is 40.5 Å². The van der Waals surface area contributed by atoms with Crippen LogP contribution in [0.4, 0.5) is 0 Å². The smallest absolute Gasteiger partial charge is 0.255 e. The second-order valence-corrected chi connectivity index (χ2v) is 5.29. The molecular formula is C12H14INO2. The first-order chi connectivity index (χ1) is 7.59. The summed E-state index contributed by atoms with van der Waals surface area (Å²) < 4.78 is 0.976. The number of nitrogens with zero attached hydrogens (tertiary/aromatic N) is 1. The van der Waals surface area contributed by atoms with Gasteiger partial charge in [-0.1, -0.05) is 12.1 Å². The Morgan fingerprint density at radius 1 is 1.56 bits per heavy atom. The van der Waals surface area contributed by atoms with Gasteiger partial charge in [-0.2, -0.15) is 0 Å². The van der Waals surface area contributed by atoms with Crippen molar-refractivity contribution in [1.29, 1.82) is 0 Å². The molecule has 1 fully saturated rings. The molecule has 3 nitrogen and oxygen atoms in total. The standard InChI is InChI=1S/C12H14INO2/c1-8-3-2-4-10(13)11(8)12(16)14-6-5-9(15)7-14/h2-4,9,15H,5-7H2,1H3/t9-/m1/s1. The molecule has 0 aliphatic carbocycles. The van der Waals surface area contributed by atoms with E-state index in [-0.39, 0.29) is 12.0 Å². The number of aliphatic hydroxyl groups is 1. The van der Waals surface area contributed by atoms with Crippen molar-refractivity contribution in [1.82, 2.24) is 4.90 Å². The minimum absolute atomic E-state index is 0.0408. The highest BCUT2D eigenvalue weighted by Gasteiger charge is 2.27. The number of amides is 1. The number of β-amino-alcohol motifs (C(OH)–C–C–N with tert-alkyl or cyclic N) is 1. The first-order valence-corrected chi connectivity index (χ1v) is 6.40. The van der Waals surface area contributed by atoms with Gasteiger partial charge in [0.2, 0.25) is 0 Å². The lowest BCUT2D eigenvalue weighted by Gasteiger charge is -2.17. The maximum absolute atomic E-state index is 12.2. The molecule has 0 radical (unpaired) electrons. The Morgan fingerprint density at radius 3 is 2.88 bits per heavy atom. The van der Waals surface area contributed by atoms with Gasteiger partial charge in [0.05, 0.1) is 11.7 Å². The number of halogens is 1. The maximum Gasteiger partial charge on any atom is 0.255 e. The van der Waals surface area contributed by atoms with Gasteiger partial charge in [0.1, 0.15) is 0 Å². The van der Waals surface area contributed by atoms with E-state index in [0.29, 0.717) is 19.5 Å². The van der Waals surface area contributed by atoms with Gasteiger partial charge in [-0.3, -0.25) is 4.79 Å². The van der Waals surface area contributed by atoms with E-state index in [1.54, 1.807) is 4.90 Å². The van der Waals surface area contributed by atoms with Crippen LogP contribution in [-0.2, 0) is 0 Å². The molecule has 2 rings (SSSR count). The first kappa shape index (κ1) is 11.9. The highest BCUT2D eigenvalue weighted by atomic mass is 127. The molecule has 0 saturated carbocycles. The van der Waals surface area contributed by atoms with E-state index >= 15 is 0 Å². The summed E-state index contributed by atoms with van der Waals surface area (Å²) in [6, 6.07) is 5.84. The number of aliphatic hydroxyl groups excluding tert-OH is 1. The van der Waals surface area contributed by atoms with Crippen molar-refractivity contribution < 1.29 is 9.90 Å². The average Bonchev–Trinajstić information content (AvgIpc) is 2.64. The molecule has 0 aromatic heterocycles. The molecule has 1 aromatic carbocycles. The third kappa shape index (κ3) is 2.22. The van der Waals surface area contributed by atoms with Crippen LogP contribution in [0.2, 0.25) is 0 Å². The van der Waals surface area contributed by atoms with E-state index in [4.69, 9.17) is 0 Å². The van der Waals surface area contributed by atoms with E-state index in [2.05, 4.69) is 22.6 Å². The fraction of sp³-hybridized carbons (Fsp3) is 0.417. The summed E-state index contributed by atoms with van der Waals surface area (Å²) in [5.74, 6) is 0.0408. The zero-order valence-corrected chi connectivity index (χ0v) is 11.3. The number of carbonyl (C=O) groups is 1. The van der Waals surface area contributed by atoms with Crippen LogP contribution in [0.3, 0.4) is 0 Å². The monoisotopic (exact) mass is 331 g/mol. The number of aryl methyl sites for hydroxylation is 1. The Labute approximate surface area is 109 Å². The second kappa shape index (κ2) is 4.71. The third-order valence-electron chi connectivity index (χ3n) is 2.89. The SMILES string of the molecule is Cc1cccc(I)c1C(=O)N1CC[C@@H](O)C1. The molecular weight excluding hydrogens is 317 g/mol. The van der Waals surface area contributed by atoms with Crippen LogP contribution < -0.4 is 0 Å². The van der Waals surface area contributed by atoms with E-state index in [1.807, 2.05) is 25.1 Å². The van der Waals surface area contributed by atoms with Crippen LogP contribution in [0.5, 0.6) is 0 Å².